The van der Waals surface area contributed by atoms with Crippen LogP contribution in [0.1, 0.15) is 32.6 Å². The Labute approximate surface area is 159 Å². The molecule has 2 fully saturated rings. The highest BCUT2D eigenvalue weighted by molar-refractivity contribution is 5.78. The number of rotatable bonds is 4. The Morgan fingerprint density at radius 2 is 1.65 bits per heavy atom. The van der Waals surface area contributed by atoms with Crippen molar-refractivity contribution in [3.8, 4) is 11.8 Å². The summed E-state index contributed by atoms with van der Waals surface area (Å²) in [5, 5.41) is 0. The fourth-order valence-electron chi connectivity index (χ4n) is 4.38. The predicted molar refractivity (Wildman–Crippen MR) is 106 cm³/mol. The lowest BCUT2D eigenvalue weighted by molar-refractivity contribution is -0.134. The second kappa shape index (κ2) is 9.73. The lowest BCUT2D eigenvalue weighted by Gasteiger charge is -2.38. The van der Waals surface area contributed by atoms with Gasteiger partial charge in [0.1, 0.15) is 0 Å². The van der Waals surface area contributed by atoms with Crippen LogP contribution in [0.3, 0.4) is 0 Å². The van der Waals surface area contributed by atoms with Gasteiger partial charge in [-0.1, -0.05) is 6.92 Å². The highest BCUT2D eigenvalue weighted by Crippen LogP contribution is 2.22. The summed E-state index contributed by atoms with van der Waals surface area (Å²) in [5.74, 6) is 8.54. The molecule has 0 bridgehead atoms. The molecular formula is C21H36N4O. The first-order valence-electron chi connectivity index (χ1n) is 10.5. The van der Waals surface area contributed by atoms with E-state index < -0.39 is 0 Å². The van der Waals surface area contributed by atoms with Crippen molar-refractivity contribution in [2.75, 3.05) is 72.5 Å². The molecule has 5 heteroatoms. The maximum atomic E-state index is 12.5. The van der Waals surface area contributed by atoms with E-state index in [1.165, 1.54) is 19.4 Å². The Balaban J connectivity index is 1.38. The minimum atomic E-state index is 0.315. The summed E-state index contributed by atoms with van der Waals surface area (Å²) in [5.41, 5.74) is 0. The second-order valence-corrected chi connectivity index (χ2v) is 8.56. The first-order chi connectivity index (χ1) is 12.6. The van der Waals surface area contributed by atoms with Crippen molar-refractivity contribution in [1.82, 2.24) is 19.6 Å². The Bertz CT molecular complexity index is 510. The van der Waals surface area contributed by atoms with Gasteiger partial charge in [0.05, 0.1) is 6.54 Å². The van der Waals surface area contributed by atoms with E-state index in [1.54, 1.807) is 0 Å². The molecule has 1 amide bonds. The van der Waals surface area contributed by atoms with E-state index >= 15 is 0 Å². The molecule has 5 nitrogen and oxygen atoms in total. The van der Waals surface area contributed by atoms with Gasteiger partial charge in [-0.2, -0.15) is 0 Å². The van der Waals surface area contributed by atoms with Crippen LogP contribution in [0.4, 0.5) is 0 Å². The SMILES string of the molecule is CC1CCC#CCC(CN2CCN(CC(=O)N3CCN(C)CC3)CC2)C1. The second-order valence-electron chi connectivity index (χ2n) is 8.56. The Kier molecular flexibility index (Phi) is 7.36. The molecule has 2 heterocycles. The number of piperazine rings is 2. The van der Waals surface area contributed by atoms with E-state index in [2.05, 4.69) is 40.5 Å². The van der Waals surface area contributed by atoms with E-state index in [1.807, 2.05) is 4.90 Å². The lowest BCUT2D eigenvalue weighted by Crippen LogP contribution is -2.53. The average molecular weight is 361 g/mol. The van der Waals surface area contributed by atoms with Crippen molar-refractivity contribution in [3.63, 3.8) is 0 Å². The number of likely N-dealkylation sites (N-methyl/N-ethyl adjacent to an activating group) is 1. The molecular weight excluding hydrogens is 324 g/mol. The van der Waals surface area contributed by atoms with Crippen molar-refractivity contribution in [1.29, 1.82) is 0 Å². The van der Waals surface area contributed by atoms with Crippen LogP contribution < -0.4 is 0 Å². The average Bonchev–Trinajstić information content (AvgIpc) is 2.61. The van der Waals surface area contributed by atoms with Crippen LogP contribution in [0.25, 0.3) is 0 Å². The third-order valence-corrected chi connectivity index (χ3v) is 6.21. The molecule has 146 valence electrons. The lowest BCUT2D eigenvalue weighted by atomic mass is 9.88. The van der Waals surface area contributed by atoms with E-state index in [0.717, 1.165) is 77.0 Å². The summed E-state index contributed by atoms with van der Waals surface area (Å²) in [7, 11) is 2.13. The van der Waals surface area contributed by atoms with Crippen LogP contribution >= 0.6 is 0 Å². The van der Waals surface area contributed by atoms with E-state index in [9.17, 15) is 4.79 Å². The molecule has 26 heavy (non-hydrogen) atoms. The Morgan fingerprint density at radius 1 is 0.962 bits per heavy atom. The van der Waals surface area contributed by atoms with Crippen molar-refractivity contribution in [2.24, 2.45) is 11.8 Å². The first kappa shape index (κ1) is 19.7. The molecule has 0 radical (unpaired) electrons. The highest BCUT2D eigenvalue weighted by atomic mass is 16.2. The van der Waals surface area contributed by atoms with Crippen LogP contribution in [-0.2, 0) is 4.79 Å². The monoisotopic (exact) mass is 360 g/mol. The molecule has 1 aliphatic carbocycles. The summed E-state index contributed by atoms with van der Waals surface area (Å²) in [6.45, 7) is 12.2. The molecule has 0 aromatic rings. The van der Waals surface area contributed by atoms with Crippen LogP contribution in [-0.4, -0.2) is 98.0 Å². The largest absolute Gasteiger partial charge is 0.339 e. The van der Waals surface area contributed by atoms with Gasteiger partial charge in [0, 0.05) is 71.7 Å². The summed E-state index contributed by atoms with van der Waals surface area (Å²) < 4.78 is 0. The van der Waals surface area contributed by atoms with Crippen molar-refractivity contribution in [3.05, 3.63) is 0 Å². The van der Waals surface area contributed by atoms with Crippen molar-refractivity contribution >= 4 is 5.91 Å². The van der Waals surface area contributed by atoms with Gasteiger partial charge in [-0.25, -0.2) is 0 Å². The van der Waals surface area contributed by atoms with Gasteiger partial charge in [0.2, 0.25) is 5.91 Å². The summed E-state index contributed by atoms with van der Waals surface area (Å²) in [4.78, 5) is 21.8. The third kappa shape index (κ3) is 5.97. The quantitative estimate of drug-likeness (QED) is 0.705. The number of hydrogen-bond donors (Lipinski definition) is 0. The number of hydrogen-bond acceptors (Lipinski definition) is 4. The molecule has 0 aromatic heterocycles. The summed E-state index contributed by atoms with van der Waals surface area (Å²) in [6, 6.07) is 0. The smallest absolute Gasteiger partial charge is 0.236 e. The topological polar surface area (TPSA) is 30.0 Å². The summed E-state index contributed by atoms with van der Waals surface area (Å²) in [6.07, 6.45) is 4.71. The Hall–Kier alpha value is -1.09. The highest BCUT2D eigenvalue weighted by Gasteiger charge is 2.25. The molecule has 2 unspecified atom stereocenters. The molecule has 0 saturated carbocycles. The zero-order valence-corrected chi connectivity index (χ0v) is 16.8. The molecule has 2 saturated heterocycles. The van der Waals surface area contributed by atoms with Crippen LogP contribution in [0.2, 0.25) is 0 Å². The molecule has 0 N–H and O–H groups in total. The molecule has 2 aliphatic heterocycles. The number of nitrogens with zero attached hydrogens (tertiary/aromatic N) is 4. The van der Waals surface area contributed by atoms with E-state index in [-0.39, 0.29) is 0 Å². The maximum Gasteiger partial charge on any atom is 0.236 e. The normalized spacial score (nSPS) is 29.5. The molecule has 3 rings (SSSR count). The molecule has 3 aliphatic rings. The Morgan fingerprint density at radius 3 is 2.38 bits per heavy atom. The van der Waals surface area contributed by atoms with Crippen LogP contribution in [0.15, 0.2) is 0 Å². The van der Waals surface area contributed by atoms with Crippen LogP contribution in [0, 0.1) is 23.7 Å². The van der Waals surface area contributed by atoms with Crippen molar-refractivity contribution in [2.45, 2.75) is 32.6 Å². The minimum absolute atomic E-state index is 0.315. The van der Waals surface area contributed by atoms with Crippen molar-refractivity contribution < 1.29 is 4.79 Å². The third-order valence-electron chi connectivity index (χ3n) is 6.21. The van der Waals surface area contributed by atoms with Gasteiger partial charge >= 0.3 is 0 Å². The zero-order chi connectivity index (χ0) is 18.4. The van der Waals surface area contributed by atoms with Gasteiger partial charge in [0.25, 0.3) is 0 Å². The molecule has 2 atom stereocenters. The predicted octanol–water partition coefficient (Wildman–Crippen LogP) is 1.21. The number of amides is 1. The maximum absolute atomic E-state index is 12.5. The standard InChI is InChI=1S/C21H36N4O/c1-19-6-4-3-5-7-20(16-19)17-23-10-12-24(13-11-23)18-21(26)25-14-8-22(2)9-15-25/h19-20H,4,6-18H2,1-2H3. The molecule has 0 aromatic carbocycles. The summed E-state index contributed by atoms with van der Waals surface area (Å²) >= 11 is 0. The number of carbonyl (C=O) groups is 1. The fraction of sp³-hybridized carbons (Fsp3) is 0.857. The fourth-order valence-corrected chi connectivity index (χ4v) is 4.38. The van der Waals surface area contributed by atoms with Gasteiger partial charge in [-0.15, -0.1) is 11.8 Å². The van der Waals surface area contributed by atoms with Gasteiger partial charge in [-0.3, -0.25) is 9.69 Å². The van der Waals surface area contributed by atoms with Gasteiger partial charge < -0.3 is 14.7 Å². The van der Waals surface area contributed by atoms with Crippen LogP contribution in [0.5, 0.6) is 0 Å². The van der Waals surface area contributed by atoms with E-state index in [0.29, 0.717) is 12.5 Å². The zero-order valence-electron chi connectivity index (χ0n) is 16.8. The molecule has 0 spiro atoms. The minimum Gasteiger partial charge on any atom is -0.339 e. The van der Waals surface area contributed by atoms with Gasteiger partial charge in [-0.05, 0) is 31.7 Å². The van der Waals surface area contributed by atoms with Gasteiger partial charge in [0.15, 0.2) is 0 Å². The number of carbonyl (C=O) groups excluding carboxylic acids is 1. The van der Waals surface area contributed by atoms with E-state index in [4.69, 9.17) is 0 Å². The first-order valence-corrected chi connectivity index (χ1v) is 10.5.